The molecule has 0 aliphatic rings. The van der Waals surface area contributed by atoms with Crippen LogP contribution < -0.4 is 0 Å². The molecular formula is C19H14N2. The van der Waals surface area contributed by atoms with Gasteiger partial charge in [-0.1, -0.05) is 24.3 Å². The van der Waals surface area contributed by atoms with Crippen molar-refractivity contribution in [1.29, 1.82) is 0 Å². The lowest BCUT2D eigenvalue weighted by Crippen LogP contribution is -1.82. The van der Waals surface area contributed by atoms with Gasteiger partial charge in [0.2, 0.25) is 0 Å². The van der Waals surface area contributed by atoms with Gasteiger partial charge >= 0.3 is 0 Å². The second-order valence-corrected chi connectivity index (χ2v) is 5.10. The lowest BCUT2D eigenvalue weighted by atomic mass is 9.99. The summed E-state index contributed by atoms with van der Waals surface area (Å²) in [5.74, 6) is 0. The number of rotatable bonds is 2. The molecule has 0 unspecified atom stereocenters. The highest BCUT2D eigenvalue weighted by Gasteiger charge is 2.03. The zero-order valence-electron chi connectivity index (χ0n) is 11.5. The molecule has 0 amide bonds. The fraction of sp³-hybridized carbons (Fsp3) is 0. The van der Waals surface area contributed by atoms with Crippen molar-refractivity contribution in [1.82, 2.24) is 9.97 Å². The number of aromatic nitrogens is 2. The van der Waals surface area contributed by atoms with Gasteiger partial charge in [0.05, 0.1) is 0 Å². The van der Waals surface area contributed by atoms with Crippen LogP contribution >= 0.6 is 0 Å². The van der Waals surface area contributed by atoms with Crippen molar-refractivity contribution in [3.8, 4) is 22.3 Å². The van der Waals surface area contributed by atoms with Gasteiger partial charge in [0, 0.05) is 24.1 Å². The molecule has 2 heterocycles. The minimum atomic E-state index is 1.17. The van der Waals surface area contributed by atoms with Crippen LogP contribution in [0.5, 0.6) is 0 Å². The van der Waals surface area contributed by atoms with Crippen molar-refractivity contribution >= 4 is 10.9 Å². The van der Waals surface area contributed by atoms with Crippen LogP contribution in [0, 0.1) is 0 Å². The number of pyridine rings is 1. The van der Waals surface area contributed by atoms with Gasteiger partial charge in [0.25, 0.3) is 0 Å². The summed E-state index contributed by atoms with van der Waals surface area (Å²) >= 11 is 0. The highest BCUT2D eigenvalue weighted by molar-refractivity contribution is 5.85. The van der Waals surface area contributed by atoms with E-state index < -0.39 is 0 Å². The third-order valence-corrected chi connectivity index (χ3v) is 3.76. The van der Waals surface area contributed by atoms with Crippen molar-refractivity contribution in [3.63, 3.8) is 0 Å². The Morgan fingerprint density at radius 3 is 2.29 bits per heavy atom. The van der Waals surface area contributed by atoms with Crippen LogP contribution in [0.15, 0.2) is 79.3 Å². The summed E-state index contributed by atoms with van der Waals surface area (Å²) in [6, 6.07) is 21.3. The molecule has 0 atom stereocenters. The average molecular weight is 270 g/mol. The number of fused-ring (bicyclic) bond motifs is 1. The Morgan fingerprint density at radius 1 is 0.667 bits per heavy atom. The normalized spacial score (nSPS) is 10.9. The number of nitrogens with one attached hydrogen (secondary N) is 1. The van der Waals surface area contributed by atoms with Gasteiger partial charge in [0.1, 0.15) is 0 Å². The van der Waals surface area contributed by atoms with Gasteiger partial charge < -0.3 is 4.98 Å². The fourth-order valence-corrected chi connectivity index (χ4v) is 2.66. The zero-order chi connectivity index (χ0) is 14.1. The van der Waals surface area contributed by atoms with Crippen LogP contribution in [0.4, 0.5) is 0 Å². The highest BCUT2D eigenvalue weighted by Crippen LogP contribution is 2.28. The SMILES string of the molecule is c1cc(-c2ccncc2)cc(-c2ccc3[nH]ccc3c2)c1. The van der Waals surface area contributed by atoms with E-state index in [1.54, 1.807) is 0 Å². The van der Waals surface area contributed by atoms with Crippen LogP contribution in [0.2, 0.25) is 0 Å². The van der Waals surface area contributed by atoms with Gasteiger partial charge in [-0.25, -0.2) is 0 Å². The molecule has 0 radical (unpaired) electrons. The molecule has 4 rings (SSSR count). The quantitative estimate of drug-likeness (QED) is 0.551. The number of aromatic amines is 1. The number of H-pyrrole nitrogens is 1. The van der Waals surface area contributed by atoms with E-state index in [-0.39, 0.29) is 0 Å². The molecular weight excluding hydrogens is 256 g/mol. The van der Waals surface area contributed by atoms with Crippen LogP contribution in [-0.2, 0) is 0 Å². The van der Waals surface area contributed by atoms with E-state index in [0.717, 1.165) is 0 Å². The molecule has 0 fully saturated rings. The predicted molar refractivity (Wildman–Crippen MR) is 87.0 cm³/mol. The molecule has 21 heavy (non-hydrogen) atoms. The number of hydrogen-bond donors (Lipinski definition) is 1. The van der Waals surface area contributed by atoms with Crippen LogP contribution in [0.25, 0.3) is 33.2 Å². The molecule has 0 saturated heterocycles. The van der Waals surface area contributed by atoms with Crippen LogP contribution in [0.1, 0.15) is 0 Å². The number of benzene rings is 2. The van der Waals surface area contributed by atoms with Crippen molar-refractivity contribution in [3.05, 3.63) is 79.3 Å². The van der Waals surface area contributed by atoms with Gasteiger partial charge in [-0.05, 0) is 64.0 Å². The summed E-state index contributed by atoms with van der Waals surface area (Å²) < 4.78 is 0. The zero-order valence-corrected chi connectivity index (χ0v) is 11.5. The Morgan fingerprint density at radius 2 is 1.43 bits per heavy atom. The molecule has 2 aromatic carbocycles. The Kier molecular flexibility index (Phi) is 2.79. The fourth-order valence-electron chi connectivity index (χ4n) is 2.66. The molecule has 2 aromatic heterocycles. The standard InChI is InChI=1S/C19H14N2/c1-2-15(14-6-9-20-10-7-14)12-16(3-1)17-4-5-19-18(13-17)8-11-21-19/h1-13,21H. The first kappa shape index (κ1) is 11.9. The van der Waals surface area contributed by atoms with E-state index in [0.29, 0.717) is 0 Å². The topological polar surface area (TPSA) is 28.7 Å². The third-order valence-electron chi connectivity index (χ3n) is 3.76. The monoisotopic (exact) mass is 270 g/mol. The Labute approximate surface area is 123 Å². The van der Waals surface area contributed by atoms with Gasteiger partial charge in [-0.15, -0.1) is 0 Å². The minimum absolute atomic E-state index is 1.17. The highest BCUT2D eigenvalue weighted by atomic mass is 14.7. The molecule has 1 N–H and O–H groups in total. The lowest BCUT2D eigenvalue weighted by Gasteiger charge is -2.06. The molecule has 0 bridgehead atoms. The van der Waals surface area contributed by atoms with Crippen molar-refractivity contribution in [2.45, 2.75) is 0 Å². The molecule has 4 aromatic rings. The maximum atomic E-state index is 4.08. The second-order valence-electron chi connectivity index (χ2n) is 5.10. The predicted octanol–water partition coefficient (Wildman–Crippen LogP) is 4.90. The van der Waals surface area contributed by atoms with Crippen molar-refractivity contribution in [2.24, 2.45) is 0 Å². The van der Waals surface area contributed by atoms with Crippen LogP contribution in [-0.4, -0.2) is 9.97 Å². The molecule has 0 aliphatic heterocycles. The molecule has 100 valence electrons. The molecule has 2 nitrogen and oxygen atoms in total. The van der Waals surface area contributed by atoms with Gasteiger partial charge in [-0.2, -0.15) is 0 Å². The van der Waals surface area contributed by atoms with E-state index in [1.165, 1.54) is 33.2 Å². The summed E-state index contributed by atoms with van der Waals surface area (Å²) in [6.07, 6.45) is 5.63. The Hall–Kier alpha value is -2.87. The smallest absolute Gasteiger partial charge is 0.0454 e. The van der Waals surface area contributed by atoms with E-state index in [4.69, 9.17) is 0 Å². The Bertz CT molecular complexity index is 892. The molecule has 0 spiro atoms. The number of hydrogen-bond acceptors (Lipinski definition) is 1. The van der Waals surface area contributed by atoms with Crippen molar-refractivity contribution < 1.29 is 0 Å². The largest absolute Gasteiger partial charge is 0.361 e. The third kappa shape index (κ3) is 2.21. The molecule has 0 saturated carbocycles. The lowest BCUT2D eigenvalue weighted by molar-refractivity contribution is 1.33. The maximum Gasteiger partial charge on any atom is 0.0454 e. The average Bonchev–Trinajstić information content (AvgIpc) is 3.03. The summed E-state index contributed by atoms with van der Waals surface area (Å²) in [6.45, 7) is 0. The van der Waals surface area contributed by atoms with Crippen molar-refractivity contribution in [2.75, 3.05) is 0 Å². The van der Waals surface area contributed by atoms with Crippen LogP contribution in [0.3, 0.4) is 0 Å². The van der Waals surface area contributed by atoms with E-state index >= 15 is 0 Å². The summed E-state index contributed by atoms with van der Waals surface area (Å²) in [5.41, 5.74) is 6.04. The minimum Gasteiger partial charge on any atom is -0.361 e. The molecule has 0 aliphatic carbocycles. The van der Waals surface area contributed by atoms with E-state index in [2.05, 4.69) is 58.5 Å². The second kappa shape index (κ2) is 4.91. The summed E-state index contributed by atoms with van der Waals surface area (Å²) in [7, 11) is 0. The molecule has 2 heteroatoms. The first-order valence-electron chi connectivity index (χ1n) is 6.98. The van der Waals surface area contributed by atoms with E-state index in [1.807, 2.05) is 30.7 Å². The Balaban J connectivity index is 1.81. The first-order valence-corrected chi connectivity index (χ1v) is 6.98. The van der Waals surface area contributed by atoms with Gasteiger partial charge in [0.15, 0.2) is 0 Å². The first-order chi connectivity index (χ1) is 10.4. The number of nitrogens with zero attached hydrogens (tertiary/aromatic N) is 1. The van der Waals surface area contributed by atoms with Gasteiger partial charge in [-0.3, -0.25) is 4.98 Å². The maximum absolute atomic E-state index is 4.08. The summed E-state index contributed by atoms with van der Waals surface area (Å²) in [4.78, 5) is 7.30. The summed E-state index contributed by atoms with van der Waals surface area (Å²) in [5, 5.41) is 1.24. The van der Waals surface area contributed by atoms with E-state index in [9.17, 15) is 0 Å².